The Balaban J connectivity index is 1.74. The zero-order valence-corrected chi connectivity index (χ0v) is 11.4. The molecule has 1 aliphatic heterocycles. The van der Waals surface area contributed by atoms with Crippen LogP contribution in [0.15, 0.2) is 30.5 Å². The van der Waals surface area contributed by atoms with Gasteiger partial charge in [-0.15, -0.1) is 0 Å². The van der Waals surface area contributed by atoms with Gasteiger partial charge in [-0.2, -0.15) is 0 Å². The summed E-state index contributed by atoms with van der Waals surface area (Å²) in [5.74, 6) is 0. The smallest absolute Gasteiger partial charge is 0.0688 e. The summed E-state index contributed by atoms with van der Waals surface area (Å²) >= 11 is 0. The molecule has 1 aliphatic rings. The summed E-state index contributed by atoms with van der Waals surface area (Å²) in [4.78, 5) is 2.56. The van der Waals surface area contributed by atoms with Gasteiger partial charge in [-0.25, -0.2) is 0 Å². The largest absolute Gasteiger partial charge is 0.392 e. The number of nitrogens with zero attached hydrogens (tertiary/aromatic N) is 2. The summed E-state index contributed by atoms with van der Waals surface area (Å²) in [5.41, 5.74) is 2.26. The number of aliphatic hydroxyl groups excluding tert-OH is 1. The van der Waals surface area contributed by atoms with Crippen molar-refractivity contribution in [1.82, 2.24) is 9.47 Å². The van der Waals surface area contributed by atoms with Crippen LogP contribution in [0.5, 0.6) is 0 Å². The Labute approximate surface area is 114 Å². The van der Waals surface area contributed by atoms with Gasteiger partial charge in [0.05, 0.1) is 6.61 Å². The van der Waals surface area contributed by atoms with Gasteiger partial charge >= 0.3 is 0 Å². The van der Waals surface area contributed by atoms with E-state index in [0.717, 1.165) is 18.7 Å². The fourth-order valence-electron chi connectivity index (χ4n) is 3.05. The van der Waals surface area contributed by atoms with Crippen molar-refractivity contribution in [1.29, 1.82) is 0 Å². The normalized spacial score (nSPS) is 17.1. The summed E-state index contributed by atoms with van der Waals surface area (Å²) in [5, 5.41) is 10.5. The van der Waals surface area contributed by atoms with Crippen molar-refractivity contribution in [3.63, 3.8) is 0 Å². The van der Waals surface area contributed by atoms with E-state index in [-0.39, 0.29) is 6.61 Å². The molecule has 3 nitrogen and oxygen atoms in total. The first kappa shape index (κ1) is 12.7. The van der Waals surface area contributed by atoms with Crippen LogP contribution in [0.3, 0.4) is 0 Å². The van der Waals surface area contributed by atoms with Gasteiger partial charge in [-0.1, -0.05) is 18.6 Å². The molecule has 2 aromatic rings. The van der Waals surface area contributed by atoms with E-state index in [0.29, 0.717) is 0 Å². The zero-order valence-electron chi connectivity index (χ0n) is 11.4. The molecule has 3 heteroatoms. The minimum absolute atomic E-state index is 0.119. The van der Waals surface area contributed by atoms with E-state index in [1.807, 2.05) is 12.1 Å². The standard InChI is InChI=1S/C16H22N2O/c19-13-14-5-4-6-16-15(14)7-10-18(16)12-11-17-8-2-1-3-9-17/h4-7,10,19H,1-3,8-9,11-13H2. The Morgan fingerprint density at radius 2 is 1.84 bits per heavy atom. The Morgan fingerprint density at radius 1 is 1.00 bits per heavy atom. The van der Waals surface area contributed by atoms with E-state index in [2.05, 4.69) is 27.8 Å². The number of aromatic nitrogens is 1. The van der Waals surface area contributed by atoms with Gasteiger partial charge in [-0.05, 0) is 43.6 Å². The average molecular weight is 258 g/mol. The summed E-state index contributed by atoms with van der Waals surface area (Å²) in [7, 11) is 0. The van der Waals surface area contributed by atoms with Crippen molar-refractivity contribution in [2.45, 2.75) is 32.4 Å². The van der Waals surface area contributed by atoms with Crippen molar-refractivity contribution < 1.29 is 5.11 Å². The van der Waals surface area contributed by atoms with E-state index >= 15 is 0 Å². The van der Waals surface area contributed by atoms with Crippen LogP contribution in [0.25, 0.3) is 10.9 Å². The molecular formula is C16H22N2O. The Kier molecular flexibility index (Phi) is 3.85. The molecule has 0 bridgehead atoms. The summed E-state index contributed by atoms with van der Waals surface area (Å²) in [6, 6.07) is 8.30. The van der Waals surface area contributed by atoms with Crippen molar-refractivity contribution in [2.75, 3.05) is 19.6 Å². The molecule has 0 radical (unpaired) electrons. The molecule has 1 N–H and O–H groups in total. The topological polar surface area (TPSA) is 28.4 Å². The first-order valence-electron chi connectivity index (χ1n) is 7.28. The van der Waals surface area contributed by atoms with E-state index < -0.39 is 0 Å². The van der Waals surface area contributed by atoms with Crippen molar-refractivity contribution in [3.05, 3.63) is 36.0 Å². The quantitative estimate of drug-likeness (QED) is 0.913. The molecule has 0 spiro atoms. The average Bonchev–Trinajstić information content (AvgIpc) is 2.89. The molecule has 1 saturated heterocycles. The highest BCUT2D eigenvalue weighted by Gasteiger charge is 2.10. The molecule has 0 atom stereocenters. The Hall–Kier alpha value is -1.32. The fourth-order valence-corrected chi connectivity index (χ4v) is 3.05. The van der Waals surface area contributed by atoms with E-state index in [4.69, 9.17) is 0 Å². The number of benzene rings is 1. The maximum atomic E-state index is 9.36. The lowest BCUT2D eigenvalue weighted by Gasteiger charge is -2.26. The van der Waals surface area contributed by atoms with Gasteiger partial charge in [0.2, 0.25) is 0 Å². The first-order valence-corrected chi connectivity index (χ1v) is 7.28. The predicted octanol–water partition coefficient (Wildman–Crippen LogP) is 2.62. The van der Waals surface area contributed by atoms with Crippen molar-refractivity contribution in [2.24, 2.45) is 0 Å². The van der Waals surface area contributed by atoms with E-state index in [9.17, 15) is 5.11 Å². The minimum Gasteiger partial charge on any atom is -0.392 e. The predicted molar refractivity (Wildman–Crippen MR) is 78.2 cm³/mol. The second kappa shape index (κ2) is 5.76. The maximum absolute atomic E-state index is 9.36. The van der Waals surface area contributed by atoms with Crippen molar-refractivity contribution in [3.8, 4) is 0 Å². The number of rotatable bonds is 4. The lowest BCUT2D eigenvalue weighted by molar-refractivity contribution is 0.221. The Bertz CT molecular complexity index is 541. The van der Waals surface area contributed by atoms with Crippen LogP contribution in [-0.2, 0) is 13.2 Å². The van der Waals surface area contributed by atoms with Crippen LogP contribution >= 0.6 is 0 Å². The molecule has 19 heavy (non-hydrogen) atoms. The summed E-state index contributed by atoms with van der Waals surface area (Å²) < 4.78 is 2.31. The van der Waals surface area contributed by atoms with Gasteiger partial charge < -0.3 is 14.6 Å². The maximum Gasteiger partial charge on any atom is 0.0688 e. The second-order valence-electron chi connectivity index (χ2n) is 5.42. The number of hydrogen-bond donors (Lipinski definition) is 1. The number of fused-ring (bicyclic) bond motifs is 1. The highest BCUT2D eigenvalue weighted by Crippen LogP contribution is 2.20. The molecule has 1 fully saturated rings. The van der Waals surface area contributed by atoms with Gasteiger partial charge in [0.25, 0.3) is 0 Å². The number of piperidine rings is 1. The van der Waals surface area contributed by atoms with Crippen LogP contribution in [-0.4, -0.2) is 34.2 Å². The SMILES string of the molecule is OCc1cccc2c1ccn2CCN1CCCCC1. The molecular weight excluding hydrogens is 236 g/mol. The summed E-state index contributed by atoms with van der Waals surface area (Å²) in [6.07, 6.45) is 6.23. The first-order chi connectivity index (χ1) is 9.38. The lowest BCUT2D eigenvalue weighted by atomic mass is 10.1. The molecule has 0 saturated carbocycles. The zero-order chi connectivity index (χ0) is 13.1. The molecule has 1 aromatic heterocycles. The van der Waals surface area contributed by atoms with Crippen LogP contribution in [0.4, 0.5) is 0 Å². The molecule has 102 valence electrons. The van der Waals surface area contributed by atoms with Gasteiger partial charge in [-0.3, -0.25) is 0 Å². The highest BCUT2D eigenvalue weighted by atomic mass is 16.3. The third-order valence-electron chi connectivity index (χ3n) is 4.18. The van der Waals surface area contributed by atoms with Crippen molar-refractivity contribution >= 4 is 10.9 Å². The molecule has 1 aromatic carbocycles. The lowest BCUT2D eigenvalue weighted by Crippen LogP contribution is -2.32. The van der Waals surface area contributed by atoms with Crippen LogP contribution in [0, 0.1) is 0 Å². The van der Waals surface area contributed by atoms with Crippen LogP contribution in [0.2, 0.25) is 0 Å². The van der Waals surface area contributed by atoms with Crippen LogP contribution in [0.1, 0.15) is 24.8 Å². The summed E-state index contributed by atoms with van der Waals surface area (Å²) in [6.45, 7) is 4.79. The fraction of sp³-hybridized carbons (Fsp3) is 0.500. The Morgan fingerprint density at radius 3 is 2.63 bits per heavy atom. The van der Waals surface area contributed by atoms with E-state index in [1.165, 1.54) is 43.3 Å². The number of likely N-dealkylation sites (tertiary alicyclic amines) is 1. The molecule has 0 aliphatic carbocycles. The van der Waals surface area contributed by atoms with Crippen LogP contribution < -0.4 is 0 Å². The monoisotopic (exact) mass is 258 g/mol. The van der Waals surface area contributed by atoms with E-state index in [1.54, 1.807) is 0 Å². The van der Waals surface area contributed by atoms with Gasteiger partial charge in [0, 0.05) is 30.2 Å². The number of aliphatic hydroxyl groups is 1. The molecule has 3 rings (SSSR count). The number of hydrogen-bond acceptors (Lipinski definition) is 2. The minimum atomic E-state index is 0.119. The highest BCUT2D eigenvalue weighted by molar-refractivity contribution is 5.83. The van der Waals surface area contributed by atoms with Gasteiger partial charge in [0.1, 0.15) is 0 Å². The van der Waals surface area contributed by atoms with Gasteiger partial charge in [0.15, 0.2) is 0 Å². The third kappa shape index (κ3) is 2.67. The molecule has 0 amide bonds. The second-order valence-corrected chi connectivity index (χ2v) is 5.42. The molecule has 0 unspecified atom stereocenters. The third-order valence-corrected chi connectivity index (χ3v) is 4.18. The molecule has 2 heterocycles.